The zero-order valence-electron chi connectivity index (χ0n) is 18.0. The molecule has 0 radical (unpaired) electrons. The highest BCUT2D eigenvalue weighted by molar-refractivity contribution is 7.85. The average Bonchev–Trinajstić information content (AvgIpc) is 2.86. The molecule has 0 spiro atoms. The zero-order valence-corrected chi connectivity index (χ0v) is 18.8. The van der Waals surface area contributed by atoms with Gasteiger partial charge in [-0.15, -0.1) is 0 Å². The smallest absolute Gasteiger partial charge is 0.330 e. The number of ether oxygens (including phenoxy) is 1. The van der Waals surface area contributed by atoms with Gasteiger partial charge in [-0.25, -0.2) is 9.78 Å². The Bertz CT molecular complexity index is 1870. The van der Waals surface area contributed by atoms with Crippen molar-refractivity contribution in [2.45, 2.75) is 4.90 Å². The van der Waals surface area contributed by atoms with Crippen molar-refractivity contribution in [1.29, 1.82) is 0 Å². The van der Waals surface area contributed by atoms with Crippen LogP contribution in [-0.2, 0) is 20.3 Å². The van der Waals surface area contributed by atoms with Gasteiger partial charge < -0.3 is 4.74 Å². The number of nitrogens with zero attached hydrogens (tertiary/aromatic N) is 2. The van der Waals surface area contributed by atoms with Crippen molar-refractivity contribution >= 4 is 65.8 Å². The van der Waals surface area contributed by atoms with Crippen LogP contribution in [0.3, 0.4) is 0 Å². The molecule has 0 aliphatic rings. The van der Waals surface area contributed by atoms with Crippen molar-refractivity contribution < 1.29 is 13.7 Å². The maximum atomic E-state index is 13.8. The second-order valence-corrected chi connectivity index (χ2v) is 9.53. The minimum atomic E-state index is -1.43. The molecule has 0 saturated heterocycles. The minimum absolute atomic E-state index is 0.0145. The summed E-state index contributed by atoms with van der Waals surface area (Å²) < 4.78 is 19.8. The number of pyridine rings is 1. The first-order valence-corrected chi connectivity index (χ1v) is 12.1. The van der Waals surface area contributed by atoms with Crippen LogP contribution in [0.1, 0.15) is 0 Å². The van der Waals surface area contributed by atoms with E-state index in [9.17, 15) is 13.8 Å². The van der Waals surface area contributed by atoms with Gasteiger partial charge >= 0.3 is 5.97 Å². The van der Waals surface area contributed by atoms with E-state index < -0.39 is 16.8 Å². The van der Waals surface area contributed by atoms with Gasteiger partial charge in [-0.3, -0.25) is 13.4 Å². The molecular formula is C27H18N2O4S. The Morgan fingerprint density at radius 1 is 0.971 bits per heavy atom. The van der Waals surface area contributed by atoms with E-state index in [1.807, 2.05) is 54.6 Å². The number of aromatic nitrogens is 2. The number of carbonyl (C=O) groups is 1. The van der Waals surface area contributed by atoms with Gasteiger partial charge in [0.2, 0.25) is 0 Å². The molecule has 0 amide bonds. The van der Waals surface area contributed by atoms with Crippen molar-refractivity contribution in [3.63, 3.8) is 0 Å². The number of hydrogen-bond donors (Lipinski definition) is 0. The Balaban J connectivity index is 1.64. The van der Waals surface area contributed by atoms with Crippen molar-refractivity contribution in [3.8, 4) is 0 Å². The predicted molar refractivity (Wildman–Crippen MR) is 135 cm³/mol. The van der Waals surface area contributed by atoms with E-state index in [0.717, 1.165) is 44.0 Å². The number of rotatable bonds is 5. The third-order valence-corrected chi connectivity index (χ3v) is 7.52. The van der Waals surface area contributed by atoms with Crippen LogP contribution < -0.4 is 5.56 Å². The quantitative estimate of drug-likeness (QED) is 0.161. The highest BCUT2D eigenvalue weighted by atomic mass is 32.2. The lowest BCUT2D eigenvalue weighted by Gasteiger charge is -2.15. The first-order chi connectivity index (χ1) is 16.6. The molecule has 0 aliphatic carbocycles. The second-order valence-electron chi connectivity index (χ2n) is 7.99. The van der Waals surface area contributed by atoms with E-state index in [4.69, 9.17) is 9.72 Å². The fourth-order valence-corrected chi connectivity index (χ4v) is 5.79. The molecule has 1 unspecified atom stereocenters. The molecule has 1 atom stereocenters. The molecule has 6 rings (SSSR count). The zero-order chi connectivity index (χ0) is 23.4. The van der Waals surface area contributed by atoms with Crippen LogP contribution in [0.15, 0.2) is 89.1 Å². The first kappa shape index (κ1) is 20.5. The fourth-order valence-electron chi connectivity index (χ4n) is 4.70. The van der Waals surface area contributed by atoms with Gasteiger partial charge in [-0.2, -0.15) is 0 Å². The monoisotopic (exact) mass is 466 g/mol. The molecule has 34 heavy (non-hydrogen) atoms. The molecule has 0 fully saturated rings. The van der Waals surface area contributed by atoms with E-state index in [1.165, 1.54) is 0 Å². The van der Waals surface area contributed by atoms with E-state index in [0.29, 0.717) is 15.9 Å². The molecule has 6 aromatic rings. The maximum Gasteiger partial charge on any atom is 0.330 e. The number of benzene rings is 4. The molecule has 0 N–H and O–H groups in total. The Labute approximate surface area is 195 Å². The molecule has 6 nitrogen and oxygen atoms in total. The summed E-state index contributed by atoms with van der Waals surface area (Å²) in [5, 5.41) is 4.80. The summed E-state index contributed by atoms with van der Waals surface area (Å²) in [7, 11) is -1.43. The van der Waals surface area contributed by atoms with Gasteiger partial charge in [0, 0.05) is 32.5 Å². The molecular weight excluding hydrogens is 448 g/mol. The van der Waals surface area contributed by atoms with Crippen LogP contribution in [-0.4, -0.2) is 31.9 Å². The van der Waals surface area contributed by atoms with Gasteiger partial charge in [-0.1, -0.05) is 43.0 Å². The van der Waals surface area contributed by atoms with Gasteiger partial charge in [0.15, 0.2) is 0 Å². The summed E-state index contributed by atoms with van der Waals surface area (Å²) in [6, 6.07) is 21.0. The number of hydrogen-bond acceptors (Lipinski definition) is 5. The van der Waals surface area contributed by atoms with E-state index in [2.05, 4.69) is 6.58 Å². The Hall–Kier alpha value is -4.10. The van der Waals surface area contributed by atoms with Crippen LogP contribution in [0.25, 0.3) is 49.0 Å². The summed E-state index contributed by atoms with van der Waals surface area (Å²) in [4.78, 5) is 30.5. The number of carbonyl (C=O) groups excluding carboxylic acids is 1. The fraction of sp³-hybridized carbons (Fsp3) is 0.0741. The van der Waals surface area contributed by atoms with Crippen molar-refractivity contribution in [2.24, 2.45) is 0 Å². The second kappa shape index (κ2) is 7.74. The van der Waals surface area contributed by atoms with Crippen LogP contribution in [0.2, 0.25) is 0 Å². The van der Waals surface area contributed by atoms with E-state index in [1.54, 1.807) is 16.5 Å². The molecule has 166 valence electrons. The SMILES string of the molecule is C=CC(=O)OCCS(=O)c1ccc2c3c1cccc3c(=O)n1c3cccc4cccc(nc21)c43. The lowest BCUT2D eigenvalue weighted by Crippen LogP contribution is -2.17. The van der Waals surface area contributed by atoms with Crippen molar-refractivity contribution in [3.05, 3.63) is 89.7 Å². The summed E-state index contributed by atoms with van der Waals surface area (Å²) in [6.45, 7) is 3.38. The molecule has 0 saturated carbocycles. The highest BCUT2D eigenvalue weighted by Crippen LogP contribution is 2.34. The van der Waals surface area contributed by atoms with Crippen molar-refractivity contribution in [1.82, 2.24) is 9.38 Å². The summed E-state index contributed by atoms with van der Waals surface area (Å²) in [6.07, 6.45) is 1.08. The van der Waals surface area contributed by atoms with Gasteiger partial charge in [-0.05, 0) is 41.1 Å². The molecule has 2 heterocycles. The van der Waals surface area contributed by atoms with Gasteiger partial charge in [0.1, 0.15) is 12.3 Å². The van der Waals surface area contributed by atoms with Crippen LogP contribution in [0, 0.1) is 0 Å². The lowest BCUT2D eigenvalue weighted by atomic mass is 10.0. The number of fused-ring (bicyclic) bond motifs is 3. The summed E-state index contributed by atoms with van der Waals surface area (Å²) >= 11 is 0. The normalized spacial score (nSPS) is 12.7. The molecule has 0 aliphatic heterocycles. The molecule has 0 bridgehead atoms. The maximum absolute atomic E-state index is 13.8. The summed E-state index contributed by atoms with van der Waals surface area (Å²) in [5.41, 5.74) is 2.03. The number of esters is 1. The van der Waals surface area contributed by atoms with Crippen LogP contribution >= 0.6 is 0 Å². The summed E-state index contributed by atoms with van der Waals surface area (Å²) in [5.74, 6) is -0.403. The minimum Gasteiger partial charge on any atom is -0.462 e. The van der Waals surface area contributed by atoms with Crippen LogP contribution in [0.4, 0.5) is 0 Å². The molecule has 7 heteroatoms. The topological polar surface area (TPSA) is 77.7 Å². The third-order valence-electron chi connectivity index (χ3n) is 6.14. The average molecular weight is 467 g/mol. The Kier molecular flexibility index (Phi) is 4.67. The highest BCUT2D eigenvalue weighted by Gasteiger charge is 2.19. The van der Waals surface area contributed by atoms with Crippen LogP contribution in [0.5, 0.6) is 0 Å². The molecule has 4 aromatic carbocycles. The third kappa shape index (κ3) is 2.94. The van der Waals surface area contributed by atoms with Crippen molar-refractivity contribution in [2.75, 3.05) is 12.4 Å². The standard InChI is InChI=1S/C27H18N2O4S/c1-2-23(30)33-14-15-34(32)22-13-12-18-25-17(22)8-5-9-19(25)27(31)29-21-11-4-7-16-6-3-10-20(24(16)21)28-26(18)29/h2-13H,1,14-15H2. The van der Waals surface area contributed by atoms with Gasteiger partial charge in [0.05, 0.1) is 27.6 Å². The predicted octanol–water partition coefficient (Wildman–Crippen LogP) is 4.58. The largest absolute Gasteiger partial charge is 0.462 e. The molecule has 2 aromatic heterocycles. The Morgan fingerprint density at radius 2 is 1.74 bits per heavy atom. The van der Waals surface area contributed by atoms with Gasteiger partial charge in [0.25, 0.3) is 5.56 Å². The Morgan fingerprint density at radius 3 is 2.56 bits per heavy atom. The van der Waals surface area contributed by atoms with E-state index in [-0.39, 0.29) is 17.9 Å². The van der Waals surface area contributed by atoms with E-state index >= 15 is 0 Å². The lowest BCUT2D eigenvalue weighted by molar-refractivity contribution is -0.137. The first-order valence-electron chi connectivity index (χ1n) is 10.8.